The molecule has 0 saturated carbocycles. The third kappa shape index (κ3) is 4.16. The number of methoxy groups -OCH3 is 1. The Balaban J connectivity index is 1.54. The van der Waals surface area contributed by atoms with Crippen LogP contribution in [0, 0.1) is 6.92 Å². The van der Waals surface area contributed by atoms with Crippen LogP contribution in [0.4, 0.5) is 0 Å². The summed E-state index contributed by atoms with van der Waals surface area (Å²) >= 11 is 0. The average molecular weight is 390 g/mol. The molecule has 0 aliphatic carbocycles. The number of hydrogen-bond donors (Lipinski definition) is 0. The van der Waals surface area contributed by atoms with Crippen molar-refractivity contribution in [3.8, 4) is 11.5 Å². The van der Waals surface area contributed by atoms with E-state index in [-0.39, 0.29) is 18.6 Å². The third-order valence-electron chi connectivity index (χ3n) is 4.81. The Labute approximate surface area is 169 Å². The molecule has 0 bridgehead atoms. The molecule has 6 heteroatoms. The zero-order valence-electron chi connectivity index (χ0n) is 16.4. The molecule has 0 fully saturated rings. The van der Waals surface area contributed by atoms with Gasteiger partial charge in [0.2, 0.25) is 0 Å². The highest BCUT2D eigenvalue weighted by molar-refractivity contribution is 6.03. The van der Waals surface area contributed by atoms with Gasteiger partial charge < -0.3 is 13.9 Å². The van der Waals surface area contributed by atoms with E-state index in [1.54, 1.807) is 13.4 Å². The van der Waals surface area contributed by atoms with Crippen LogP contribution in [-0.4, -0.2) is 30.3 Å². The second-order valence-corrected chi connectivity index (χ2v) is 6.85. The number of hydrazone groups is 1. The molecular weight excluding hydrogens is 368 g/mol. The van der Waals surface area contributed by atoms with Gasteiger partial charge in [0, 0.05) is 6.42 Å². The summed E-state index contributed by atoms with van der Waals surface area (Å²) in [4.78, 5) is 12.9. The van der Waals surface area contributed by atoms with Crippen molar-refractivity contribution in [2.24, 2.45) is 5.10 Å². The number of carbonyl (C=O) groups excluding carboxylic acids is 1. The lowest BCUT2D eigenvalue weighted by Crippen LogP contribution is -2.31. The van der Waals surface area contributed by atoms with E-state index in [2.05, 4.69) is 5.10 Å². The number of furan rings is 1. The van der Waals surface area contributed by atoms with Crippen molar-refractivity contribution in [3.05, 3.63) is 83.8 Å². The van der Waals surface area contributed by atoms with Gasteiger partial charge in [-0.2, -0.15) is 5.10 Å². The maximum atomic E-state index is 12.9. The fourth-order valence-corrected chi connectivity index (χ4v) is 3.32. The van der Waals surface area contributed by atoms with Crippen molar-refractivity contribution in [1.82, 2.24) is 5.01 Å². The van der Waals surface area contributed by atoms with Crippen LogP contribution in [0.1, 0.15) is 29.3 Å². The zero-order valence-corrected chi connectivity index (χ0v) is 16.4. The van der Waals surface area contributed by atoms with Gasteiger partial charge in [-0.1, -0.05) is 12.1 Å². The van der Waals surface area contributed by atoms with E-state index in [0.717, 1.165) is 22.6 Å². The number of rotatable bonds is 6. The fraction of sp³-hybridized carbons (Fsp3) is 0.217. The molecule has 1 aliphatic rings. The number of benzene rings is 2. The summed E-state index contributed by atoms with van der Waals surface area (Å²) in [5.41, 5.74) is 2.83. The van der Waals surface area contributed by atoms with Crippen molar-refractivity contribution in [1.29, 1.82) is 0 Å². The summed E-state index contributed by atoms with van der Waals surface area (Å²) < 4.78 is 16.5. The Morgan fingerprint density at radius 2 is 1.97 bits per heavy atom. The van der Waals surface area contributed by atoms with Gasteiger partial charge in [0.25, 0.3) is 5.91 Å². The second kappa shape index (κ2) is 8.22. The van der Waals surface area contributed by atoms with Crippen LogP contribution < -0.4 is 9.47 Å². The van der Waals surface area contributed by atoms with E-state index in [4.69, 9.17) is 13.9 Å². The Hall–Kier alpha value is -3.54. The van der Waals surface area contributed by atoms with E-state index >= 15 is 0 Å². The second-order valence-electron chi connectivity index (χ2n) is 6.85. The number of nitrogens with zero attached hydrogens (tertiary/aromatic N) is 2. The molecule has 3 aromatic rings. The molecule has 4 rings (SSSR count). The highest BCUT2D eigenvalue weighted by Crippen LogP contribution is 2.33. The van der Waals surface area contributed by atoms with Gasteiger partial charge in [-0.3, -0.25) is 4.79 Å². The third-order valence-corrected chi connectivity index (χ3v) is 4.81. The number of ether oxygens (including phenoxy) is 2. The van der Waals surface area contributed by atoms with Gasteiger partial charge in [0.1, 0.15) is 23.3 Å². The van der Waals surface area contributed by atoms with E-state index < -0.39 is 0 Å². The van der Waals surface area contributed by atoms with Crippen molar-refractivity contribution >= 4 is 11.6 Å². The molecule has 1 aliphatic heterocycles. The Bertz CT molecular complexity index is 1010. The summed E-state index contributed by atoms with van der Waals surface area (Å²) in [6.45, 7) is 1.88. The molecule has 0 radical (unpaired) electrons. The first-order valence-corrected chi connectivity index (χ1v) is 9.41. The topological polar surface area (TPSA) is 64.3 Å². The van der Waals surface area contributed by atoms with Crippen LogP contribution in [0.3, 0.4) is 0 Å². The van der Waals surface area contributed by atoms with Crippen LogP contribution in [0.15, 0.2) is 76.4 Å². The van der Waals surface area contributed by atoms with Gasteiger partial charge >= 0.3 is 0 Å². The van der Waals surface area contributed by atoms with Crippen LogP contribution in [0.2, 0.25) is 0 Å². The first-order chi connectivity index (χ1) is 14.1. The molecule has 0 saturated heterocycles. The van der Waals surface area contributed by atoms with Gasteiger partial charge in [-0.05, 0) is 66.6 Å². The SMILES string of the molecule is COc1ccc(C2=NN(C(=O)COc3cccc(C)c3)[C@H](c3ccco3)C2)cc1. The van der Waals surface area contributed by atoms with Crippen molar-refractivity contribution < 1.29 is 18.7 Å². The van der Waals surface area contributed by atoms with Crippen molar-refractivity contribution in [2.75, 3.05) is 13.7 Å². The number of aryl methyl sites for hydroxylation is 1. The Morgan fingerprint density at radius 1 is 1.14 bits per heavy atom. The molecule has 2 aromatic carbocycles. The van der Waals surface area contributed by atoms with Crippen molar-refractivity contribution in [2.45, 2.75) is 19.4 Å². The van der Waals surface area contributed by atoms with Gasteiger partial charge in [0.15, 0.2) is 6.61 Å². The lowest BCUT2D eigenvalue weighted by atomic mass is 10.0. The highest BCUT2D eigenvalue weighted by Gasteiger charge is 2.35. The molecule has 0 spiro atoms. The van der Waals surface area contributed by atoms with E-state index in [1.165, 1.54) is 5.01 Å². The van der Waals surface area contributed by atoms with Crippen LogP contribution in [0.25, 0.3) is 0 Å². The van der Waals surface area contributed by atoms with E-state index in [0.29, 0.717) is 17.9 Å². The minimum atomic E-state index is -0.296. The summed E-state index contributed by atoms with van der Waals surface area (Å²) in [7, 11) is 1.63. The quantitative estimate of drug-likeness (QED) is 0.628. The molecule has 0 N–H and O–H groups in total. The smallest absolute Gasteiger partial charge is 0.281 e. The Kier molecular flexibility index (Phi) is 5.33. The maximum absolute atomic E-state index is 12.9. The largest absolute Gasteiger partial charge is 0.497 e. The normalized spacial score (nSPS) is 15.9. The Morgan fingerprint density at radius 3 is 2.66 bits per heavy atom. The van der Waals surface area contributed by atoms with Gasteiger partial charge in [-0.15, -0.1) is 0 Å². The first-order valence-electron chi connectivity index (χ1n) is 9.41. The van der Waals surface area contributed by atoms with Gasteiger partial charge in [0.05, 0.1) is 19.1 Å². The molecule has 29 heavy (non-hydrogen) atoms. The molecule has 148 valence electrons. The summed E-state index contributed by atoms with van der Waals surface area (Å²) in [6, 6.07) is 18.6. The highest BCUT2D eigenvalue weighted by atomic mass is 16.5. The predicted octanol–water partition coefficient (Wildman–Crippen LogP) is 4.35. The molecule has 2 heterocycles. The predicted molar refractivity (Wildman–Crippen MR) is 109 cm³/mol. The van der Waals surface area contributed by atoms with Crippen molar-refractivity contribution in [3.63, 3.8) is 0 Å². The molecule has 1 amide bonds. The van der Waals surface area contributed by atoms with E-state index in [9.17, 15) is 4.79 Å². The first kappa shape index (κ1) is 18.8. The molecule has 0 unspecified atom stereocenters. The summed E-state index contributed by atoms with van der Waals surface area (Å²) in [5, 5.41) is 6.07. The lowest BCUT2D eigenvalue weighted by Gasteiger charge is -2.20. The minimum absolute atomic E-state index is 0.0972. The van der Waals surface area contributed by atoms with E-state index in [1.807, 2.05) is 67.6 Å². The summed E-state index contributed by atoms with van der Waals surface area (Å²) in [6.07, 6.45) is 2.17. The molecule has 1 atom stereocenters. The minimum Gasteiger partial charge on any atom is -0.497 e. The number of hydrogen-bond acceptors (Lipinski definition) is 5. The average Bonchev–Trinajstić information content (AvgIpc) is 3.42. The monoisotopic (exact) mass is 390 g/mol. The number of amides is 1. The lowest BCUT2D eigenvalue weighted by molar-refractivity contribution is -0.135. The van der Waals surface area contributed by atoms with Crippen LogP contribution in [0.5, 0.6) is 11.5 Å². The van der Waals surface area contributed by atoms with Crippen LogP contribution >= 0.6 is 0 Å². The standard InChI is InChI=1S/C23H22N2O4/c1-16-5-3-6-19(13-16)29-15-23(26)25-21(22-7-4-12-28-22)14-20(24-25)17-8-10-18(27-2)11-9-17/h3-13,21H,14-15H2,1-2H3/t21-/m0/s1. The van der Waals surface area contributed by atoms with Gasteiger partial charge in [-0.25, -0.2) is 5.01 Å². The van der Waals surface area contributed by atoms with Crippen LogP contribution in [-0.2, 0) is 4.79 Å². The fourth-order valence-electron chi connectivity index (χ4n) is 3.32. The molecule has 1 aromatic heterocycles. The molecular formula is C23H22N2O4. The zero-order chi connectivity index (χ0) is 20.2. The summed E-state index contributed by atoms with van der Waals surface area (Å²) in [5.74, 6) is 1.90. The maximum Gasteiger partial charge on any atom is 0.281 e. The molecule has 6 nitrogen and oxygen atoms in total. The number of carbonyl (C=O) groups is 1.